The van der Waals surface area contributed by atoms with Crippen molar-refractivity contribution in [3.05, 3.63) is 56.8 Å². The molecule has 0 fully saturated rings. The Bertz CT molecular complexity index is 1220. The van der Waals surface area contributed by atoms with Crippen LogP contribution in [0.3, 0.4) is 0 Å². The molecule has 0 saturated heterocycles. The Kier molecular flexibility index (Phi) is 4.62. The molecule has 2 aromatic heterocycles. The summed E-state index contributed by atoms with van der Waals surface area (Å²) in [5.74, 6) is 0.350. The lowest BCUT2D eigenvalue weighted by atomic mass is 9.68. The number of hydrogen-bond donors (Lipinski definition) is 2. The highest BCUT2D eigenvalue weighted by Crippen LogP contribution is 2.45. The van der Waals surface area contributed by atoms with Crippen molar-refractivity contribution in [2.45, 2.75) is 45.4 Å². The minimum absolute atomic E-state index is 0.103. The third-order valence-electron chi connectivity index (χ3n) is 6.00. The van der Waals surface area contributed by atoms with E-state index in [1.807, 2.05) is 19.2 Å². The fourth-order valence-corrected chi connectivity index (χ4v) is 5.25. The minimum Gasteiger partial charge on any atom is -0.508 e. The summed E-state index contributed by atoms with van der Waals surface area (Å²) >= 11 is 1.44. The van der Waals surface area contributed by atoms with Gasteiger partial charge in [0.05, 0.1) is 5.41 Å². The second-order valence-electron chi connectivity index (χ2n) is 7.31. The smallest absolute Gasteiger partial charge is 0.196 e. The van der Waals surface area contributed by atoms with Gasteiger partial charge in [-0.15, -0.1) is 11.3 Å². The van der Waals surface area contributed by atoms with Crippen molar-refractivity contribution in [2.75, 3.05) is 0 Å². The van der Waals surface area contributed by atoms with Crippen LogP contribution in [-0.2, 0) is 10.2 Å². The summed E-state index contributed by atoms with van der Waals surface area (Å²) in [6.45, 7) is 5.60. The highest BCUT2D eigenvalue weighted by atomic mass is 32.1. The van der Waals surface area contributed by atoms with Crippen LogP contribution in [-0.4, -0.2) is 16.0 Å². The number of aliphatic hydroxyl groups is 1. The molecular formula is C23H22O5S. The van der Waals surface area contributed by atoms with E-state index in [-0.39, 0.29) is 39.6 Å². The molecule has 1 aromatic carbocycles. The maximum absolute atomic E-state index is 13.3. The molecule has 0 spiro atoms. The van der Waals surface area contributed by atoms with Gasteiger partial charge in [-0.1, -0.05) is 20.8 Å². The Balaban J connectivity index is 2.05. The molecule has 0 aliphatic heterocycles. The number of rotatable bonds is 4. The number of Topliss-reactive ketones (excluding diaryl/α,β-unsaturated/α-hetero) is 1. The molecule has 3 aromatic rings. The summed E-state index contributed by atoms with van der Waals surface area (Å²) in [6.07, 6.45) is 1.29. The SMILES string of the molecule is CCC1=C(O)c2c(oc(-c3csc4cc(O)ccc34)cc2=O)C(CC)(CC)C1=O. The fourth-order valence-electron chi connectivity index (χ4n) is 4.27. The normalized spacial score (nSPS) is 15.8. The number of aliphatic hydroxyl groups excluding tert-OH is 1. The third-order valence-corrected chi connectivity index (χ3v) is 6.94. The van der Waals surface area contributed by atoms with E-state index in [4.69, 9.17) is 4.42 Å². The van der Waals surface area contributed by atoms with Gasteiger partial charge in [-0.3, -0.25) is 9.59 Å². The lowest BCUT2D eigenvalue weighted by Gasteiger charge is -2.35. The lowest BCUT2D eigenvalue weighted by molar-refractivity contribution is -0.122. The molecule has 2 N–H and O–H groups in total. The highest BCUT2D eigenvalue weighted by Gasteiger charge is 2.48. The molecule has 2 heterocycles. The number of fused-ring (bicyclic) bond motifs is 2. The van der Waals surface area contributed by atoms with E-state index in [1.165, 1.54) is 17.4 Å². The summed E-state index contributed by atoms with van der Waals surface area (Å²) in [6, 6.07) is 6.40. The first-order valence-electron chi connectivity index (χ1n) is 9.74. The largest absolute Gasteiger partial charge is 0.508 e. The highest BCUT2D eigenvalue weighted by molar-refractivity contribution is 7.17. The van der Waals surface area contributed by atoms with Crippen molar-refractivity contribution in [3.8, 4) is 17.1 Å². The van der Waals surface area contributed by atoms with Crippen LogP contribution < -0.4 is 5.43 Å². The molecule has 0 amide bonds. The fraction of sp³-hybridized carbons (Fsp3) is 0.304. The van der Waals surface area contributed by atoms with E-state index in [2.05, 4.69) is 0 Å². The van der Waals surface area contributed by atoms with Gasteiger partial charge in [0.15, 0.2) is 11.2 Å². The Hall–Kier alpha value is -2.86. The predicted octanol–water partition coefficient (Wildman–Crippen LogP) is 5.55. The van der Waals surface area contributed by atoms with Gasteiger partial charge >= 0.3 is 0 Å². The Morgan fingerprint density at radius 3 is 2.45 bits per heavy atom. The van der Waals surface area contributed by atoms with Crippen LogP contribution >= 0.6 is 11.3 Å². The van der Waals surface area contributed by atoms with Crippen molar-refractivity contribution in [2.24, 2.45) is 0 Å². The Labute approximate surface area is 171 Å². The van der Waals surface area contributed by atoms with Crippen LogP contribution in [0.1, 0.15) is 51.4 Å². The summed E-state index contributed by atoms with van der Waals surface area (Å²) < 4.78 is 7.09. The molecule has 1 aliphatic rings. The number of carbonyl (C=O) groups is 1. The lowest BCUT2D eigenvalue weighted by Crippen LogP contribution is -2.41. The van der Waals surface area contributed by atoms with Crippen LogP contribution in [0, 0.1) is 0 Å². The zero-order chi connectivity index (χ0) is 20.9. The van der Waals surface area contributed by atoms with Crippen molar-refractivity contribution in [3.63, 3.8) is 0 Å². The first kappa shape index (κ1) is 19.5. The molecule has 6 heteroatoms. The first-order valence-corrected chi connectivity index (χ1v) is 10.6. The number of thiophene rings is 1. The van der Waals surface area contributed by atoms with Gasteiger partial charge in [-0.2, -0.15) is 0 Å². The number of hydrogen-bond acceptors (Lipinski definition) is 6. The number of aromatic hydroxyl groups is 1. The zero-order valence-corrected chi connectivity index (χ0v) is 17.4. The number of phenolic OH excluding ortho intramolecular Hbond substituents is 1. The van der Waals surface area contributed by atoms with Gasteiger partial charge in [-0.05, 0) is 37.5 Å². The average molecular weight is 410 g/mol. The number of phenols is 1. The molecular weight excluding hydrogens is 388 g/mol. The Morgan fingerprint density at radius 1 is 1.07 bits per heavy atom. The average Bonchev–Trinajstić information content (AvgIpc) is 3.12. The number of ketones is 1. The maximum Gasteiger partial charge on any atom is 0.196 e. The number of carbonyl (C=O) groups excluding carboxylic acids is 1. The van der Waals surface area contributed by atoms with E-state index in [9.17, 15) is 19.8 Å². The molecule has 0 atom stereocenters. The van der Waals surface area contributed by atoms with E-state index >= 15 is 0 Å². The van der Waals surface area contributed by atoms with Gasteiger partial charge in [0.2, 0.25) is 0 Å². The molecule has 0 saturated carbocycles. The van der Waals surface area contributed by atoms with Gasteiger partial charge in [0, 0.05) is 32.7 Å². The summed E-state index contributed by atoms with van der Waals surface area (Å²) in [5, 5.41) is 23.1. The first-order chi connectivity index (χ1) is 13.9. The van der Waals surface area contributed by atoms with Crippen molar-refractivity contribution < 1.29 is 19.4 Å². The van der Waals surface area contributed by atoms with Crippen molar-refractivity contribution in [1.82, 2.24) is 0 Å². The van der Waals surface area contributed by atoms with Crippen LogP contribution in [0.5, 0.6) is 5.75 Å². The molecule has 0 radical (unpaired) electrons. The van der Waals surface area contributed by atoms with E-state index in [1.54, 1.807) is 25.1 Å². The summed E-state index contributed by atoms with van der Waals surface area (Å²) in [7, 11) is 0. The van der Waals surface area contributed by atoms with Crippen LogP contribution in [0.4, 0.5) is 0 Å². The van der Waals surface area contributed by atoms with Crippen molar-refractivity contribution in [1.29, 1.82) is 0 Å². The second kappa shape index (κ2) is 6.88. The summed E-state index contributed by atoms with van der Waals surface area (Å²) in [5.41, 5.74) is -0.208. The zero-order valence-electron chi connectivity index (χ0n) is 16.5. The topological polar surface area (TPSA) is 87.7 Å². The van der Waals surface area contributed by atoms with Gasteiger partial charge in [-0.25, -0.2) is 0 Å². The monoisotopic (exact) mass is 410 g/mol. The van der Waals surface area contributed by atoms with Gasteiger partial charge < -0.3 is 14.6 Å². The molecule has 0 bridgehead atoms. The van der Waals surface area contributed by atoms with E-state index < -0.39 is 5.41 Å². The maximum atomic E-state index is 13.3. The van der Waals surface area contributed by atoms with Crippen LogP contribution in [0.15, 0.2) is 44.4 Å². The standard InChI is InChI=1S/C23H22O5S/c1-4-13-20(26)19-16(25)10-17(28-22(19)23(5-2,6-3)21(13)27)15-11-29-18-9-12(24)7-8-14(15)18/h7-11,24,26H,4-6H2,1-3H3. The molecule has 29 heavy (non-hydrogen) atoms. The van der Waals surface area contributed by atoms with Crippen LogP contribution in [0.2, 0.25) is 0 Å². The molecule has 1 aliphatic carbocycles. The second-order valence-corrected chi connectivity index (χ2v) is 8.22. The molecule has 4 rings (SSSR count). The third kappa shape index (κ3) is 2.66. The quantitative estimate of drug-likeness (QED) is 0.589. The summed E-state index contributed by atoms with van der Waals surface area (Å²) in [4.78, 5) is 26.3. The van der Waals surface area contributed by atoms with Crippen molar-refractivity contribution >= 4 is 33.0 Å². The Morgan fingerprint density at radius 2 is 1.79 bits per heavy atom. The number of allylic oxidation sites excluding steroid dienone is 1. The number of benzene rings is 1. The molecule has 5 nitrogen and oxygen atoms in total. The van der Waals surface area contributed by atoms with Gasteiger partial charge in [0.25, 0.3) is 0 Å². The molecule has 150 valence electrons. The minimum atomic E-state index is -0.966. The van der Waals surface area contributed by atoms with Gasteiger partial charge in [0.1, 0.15) is 28.6 Å². The van der Waals surface area contributed by atoms with Crippen LogP contribution in [0.25, 0.3) is 27.2 Å². The van der Waals surface area contributed by atoms with E-state index in [0.717, 1.165) is 15.6 Å². The molecule has 0 unspecified atom stereocenters. The van der Waals surface area contributed by atoms with E-state index in [0.29, 0.717) is 25.0 Å². The predicted molar refractivity (Wildman–Crippen MR) is 115 cm³/mol.